The van der Waals surface area contributed by atoms with Gasteiger partial charge in [-0.15, -0.1) is 0 Å². The number of hydrazone groups is 1. The van der Waals surface area contributed by atoms with Crippen LogP contribution in [0, 0.1) is 0 Å². The van der Waals surface area contributed by atoms with E-state index in [2.05, 4.69) is 12.0 Å². The van der Waals surface area contributed by atoms with Gasteiger partial charge in [0.05, 0.1) is 30.7 Å². The molecular weight excluding hydrogens is 340 g/mol. The lowest BCUT2D eigenvalue weighted by Crippen LogP contribution is -2.21. The van der Waals surface area contributed by atoms with Crippen molar-refractivity contribution in [3.05, 3.63) is 59.7 Å². The number of hydrogen-bond donors (Lipinski definition) is 0. The van der Waals surface area contributed by atoms with E-state index in [9.17, 15) is 4.79 Å². The summed E-state index contributed by atoms with van der Waals surface area (Å²) in [5, 5.41) is 5.83. The number of nitrogens with zero attached hydrogens (tertiary/aromatic N) is 2. The molecule has 0 radical (unpaired) electrons. The van der Waals surface area contributed by atoms with Gasteiger partial charge in [0.1, 0.15) is 0 Å². The van der Waals surface area contributed by atoms with Crippen molar-refractivity contribution in [3.8, 4) is 11.5 Å². The van der Waals surface area contributed by atoms with Gasteiger partial charge in [0.15, 0.2) is 11.5 Å². The van der Waals surface area contributed by atoms with Crippen molar-refractivity contribution in [2.45, 2.75) is 26.7 Å². The Hall–Kier alpha value is -3.08. The van der Waals surface area contributed by atoms with Crippen LogP contribution in [0.5, 0.6) is 11.5 Å². The smallest absolute Gasteiger partial charge is 0.280 e. The maximum absolute atomic E-state index is 12.8. The average molecular weight is 364 g/mol. The fourth-order valence-electron chi connectivity index (χ4n) is 2.81. The SMILES string of the molecule is CCCCOc1ccc(C=C2C(=O)N(c3ccccc3)N=C2C)cc1OC. The molecule has 0 saturated heterocycles. The van der Waals surface area contributed by atoms with Gasteiger partial charge >= 0.3 is 0 Å². The van der Waals surface area contributed by atoms with E-state index in [1.54, 1.807) is 7.11 Å². The first-order valence-electron chi connectivity index (χ1n) is 9.11. The van der Waals surface area contributed by atoms with Gasteiger partial charge < -0.3 is 9.47 Å². The van der Waals surface area contributed by atoms with Gasteiger partial charge in [-0.3, -0.25) is 4.79 Å². The molecule has 5 nitrogen and oxygen atoms in total. The third-order valence-corrected chi connectivity index (χ3v) is 4.32. The minimum atomic E-state index is -0.138. The molecule has 1 heterocycles. The largest absolute Gasteiger partial charge is 0.493 e. The number of carbonyl (C=O) groups excluding carboxylic acids is 1. The van der Waals surface area contributed by atoms with Gasteiger partial charge in [-0.05, 0) is 49.2 Å². The summed E-state index contributed by atoms with van der Waals surface area (Å²) < 4.78 is 11.2. The first-order chi connectivity index (χ1) is 13.1. The zero-order chi connectivity index (χ0) is 19.2. The van der Waals surface area contributed by atoms with Crippen LogP contribution in [-0.2, 0) is 4.79 Å². The van der Waals surface area contributed by atoms with Gasteiger partial charge in [0, 0.05) is 0 Å². The molecule has 0 aliphatic carbocycles. The number of ether oxygens (including phenoxy) is 2. The van der Waals surface area contributed by atoms with E-state index in [4.69, 9.17) is 9.47 Å². The van der Waals surface area contributed by atoms with Crippen LogP contribution in [0.25, 0.3) is 6.08 Å². The van der Waals surface area contributed by atoms with Crippen LogP contribution in [0.1, 0.15) is 32.3 Å². The molecule has 27 heavy (non-hydrogen) atoms. The number of para-hydroxylation sites is 1. The molecule has 2 aromatic rings. The molecule has 0 saturated carbocycles. The molecular formula is C22H24N2O3. The maximum Gasteiger partial charge on any atom is 0.280 e. The predicted molar refractivity (Wildman–Crippen MR) is 108 cm³/mol. The Morgan fingerprint density at radius 1 is 1.11 bits per heavy atom. The fraction of sp³-hybridized carbons (Fsp3) is 0.273. The number of anilines is 1. The minimum Gasteiger partial charge on any atom is -0.493 e. The highest BCUT2D eigenvalue weighted by molar-refractivity contribution is 6.32. The van der Waals surface area contributed by atoms with E-state index in [1.807, 2.05) is 61.5 Å². The summed E-state index contributed by atoms with van der Waals surface area (Å²) in [4.78, 5) is 12.8. The summed E-state index contributed by atoms with van der Waals surface area (Å²) in [6.45, 7) is 4.62. The molecule has 0 spiro atoms. The van der Waals surface area contributed by atoms with Crippen LogP contribution in [0.15, 0.2) is 59.2 Å². The number of hydrogen-bond acceptors (Lipinski definition) is 4. The third-order valence-electron chi connectivity index (χ3n) is 4.32. The summed E-state index contributed by atoms with van der Waals surface area (Å²) in [5.74, 6) is 1.23. The molecule has 0 bridgehead atoms. The summed E-state index contributed by atoms with van der Waals surface area (Å²) >= 11 is 0. The summed E-state index contributed by atoms with van der Waals surface area (Å²) in [6, 6.07) is 15.1. The Kier molecular flexibility index (Phi) is 5.91. The van der Waals surface area contributed by atoms with Gasteiger partial charge in [-0.2, -0.15) is 10.1 Å². The Morgan fingerprint density at radius 2 is 1.89 bits per heavy atom. The minimum absolute atomic E-state index is 0.138. The second kappa shape index (κ2) is 8.54. The lowest BCUT2D eigenvalue weighted by atomic mass is 10.1. The van der Waals surface area contributed by atoms with Crippen LogP contribution >= 0.6 is 0 Å². The number of carbonyl (C=O) groups is 1. The van der Waals surface area contributed by atoms with Gasteiger partial charge in [-0.1, -0.05) is 37.6 Å². The van der Waals surface area contributed by atoms with Crippen LogP contribution in [0.3, 0.4) is 0 Å². The van der Waals surface area contributed by atoms with Gasteiger partial charge in [0.2, 0.25) is 0 Å². The number of amides is 1. The predicted octanol–water partition coefficient (Wildman–Crippen LogP) is 4.68. The Balaban J connectivity index is 1.84. The van der Waals surface area contributed by atoms with E-state index in [-0.39, 0.29) is 5.91 Å². The molecule has 0 fully saturated rings. The molecule has 0 atom stereocenters. The molecule has 5 heteroatoms. The van der Waals surface area contributed by atoms with E-state index >= 15 is 0 Å². The summed E-state index contributed by atoms with van der Waals surface area (Å²) in [7, 11) is 1.61. The zero-order valence-electron chi connectivity index (χ0n) is 15.9. The number of unbranched alkanes of at least 4 members (excludes halogenated alkanes) is 1. The van der Waals surface area contributed by atoms with Crippen molar-refractivity contribution in [3.63, 3.8) is 0 Å². The van der Waals surface area contributed by atoms with Crippen molar-refractivity contribution in [1.29, 1.82) is 0 Å². The number of rotatable bonds is 7. The van der Waals surface area contributed by atoms with Crippen molar-refractivity contribution < 1.29 is 14.3 Å². The molecule has 0 aromatic heterocycles. The van der Waals surface area contributed by atoms with Crippen LogP contribution in [0.4, 0.5) is 5.69 Å². The van der Waals surface area contributed by atoms with Crippen LogP contribution in [0.2, 0.25) is 0 Å². The highest BCUT2D eigenvalue weighted by Crippen LogP contribution is 2.30. The summed E-state index contributed by atoms with van der Waals surface area (Å²) in [6.07, 6.45) is 3.90. The summed E-state index contributed by atoms with van der Waals surface area (Å²) in [5.41, 5.74) is 2.87. The van der Waals surface area contributed by atoms with Crippen molar-refractivity contribution in [2.75, 3.05) is 18.7 Å². The Morgan fingerprint density at radius 3 is 2.59 bits per heavy atom. The third kappa shape index (κ3) is 4.19. The van der Waals surface area contributed by atoms with Gasteiger partial charge in [0.25, 0.3) is 5.91 Å². The second-order valence-electron chi connectivity index (χ2n) is 6.31. The second-order valence-corrected chi connectivity index (χ2v) is 6.31. The first-order valence-corrected chi connectivity index (χ1v) is 9.11. The fourth-order valence-corrected chi connectivity index (χ4v) is 2.81. The van der Waals surface area contributed by atoms with Crippen molar-refractivity contribution >= 4 is 23.4 Å². The monoisotopic (exact) mass is 364 g/mol. The molecule has 0 N–H and O–H groups in total. The highest BCUT2D eigenvalue weighted by Gasteiger charge is 2.28. The van der Waals surface area contributed by atoms with Gasteiger partial charge in [-0.25, -0.2) is 0 Å². The van der Waals surface area contributed by atoms with Crippen LogP contribution < -0.4 is 14.5 Å². The molecule has 2 aromatic carbocycles. The lowest BCUT2D eigenvalue weighted by molar-refractivity contribution is -0.114. The normalized spacial score (nSPS) is 15.2. The highest BCUT2D eigenvalue weighted by atomic mass is 16.5. The Labute approximate surface area is 159 Å². The molecule has 140 valence electrons. The van der Waals surface area contributed by atoms with E-state index in [0.717, 1.165) is 24.1 Å². The lowest BCUT2D eigenvalue weighted by Gasteiger charge is -2.12. The quantitative estimate of drug-likeness (QED) is 0.529. The zero-order valence-corrected chi connectivity index (χ0v) is 15.9. The van der Waals surface area contributed by atoms with E-state index in [1.165, 1.54) is 5.01 Å². The Bertz CT molecular complexity index is 872. The number of benzene rings is 2. The standard InChI is InChI=1S/C22H24N2O3/c1-4-5-13-27-20-12-11-17(15-21(20)26-3)14-19-16(2)23-24(22(19)25)18-9-7-6-8-10-18/h6-12,14-15H,4-5,13H2,1-3H3. The van der Waals surface area contributed by atoms with E-state index in [0.29, 0.717) is 29.4 Å². The van der Waals surface area contributed by atoms with Crippen LogP contribution in [-0.4, -0.2) is 25.3 Å². The molecule has 1 aliphatic rings. The molecule has 1 aliphatic heterocycles. The van der Waals surface area contributed by atoms with Crippen molar-refractivity contribution in [1.82, 2.24) is 0 Å². The first kappa shape index (κ1) is 18.7. The molecule has 0 unspecified atom stereocenters. The average Bonchev–Trinajstić information content (AvgIpc) is 2.98. The maximum atomic E-state index is 12.8. The van der Waals surface area contributed by atoms with Crippen molar-refractivity contribution in [2.24, 2.45) is 5.10 Å². The van der Waals surface area contributed by atoms with E-state index < -0.39 is 0 Å². The topological polar surface area (TPSA) is 51.1 Å². The molecule has 3 rings (SSSR count). The molecule has 1 amide bonds. The number of methoxy groups -OCH3 is 1.